The van der Waals surface area contributed by atoms with Gasteiger partial charge in [-0.3, -0.25) is 9.59 Å². The Morgan fingerprint density at radius 3 is 2.70 bits per heavy atom. The first-order chi connectivity index (χ1) is 9.54. The Balaban J connectivity index is 2.51. The third-order valence-corrected chi connectivity index (χ3v) is 3.55. The van der Waals surface area contributed by atoms with Gasteiger partial charge in [0.2, 0.25) is 5.91 Å². The van der Waals surface area contributed by atoms with Gasteiger partial charge in [-0.15, -0.1) is 0 Å². The van der Waals surface area contributed by atoms with Gasteiger partial charge in [-0.2, -0.15) is 0 Å². The molecule has 20 heavy (non-hydrogen) atoms. The van der Waals surface area contributed by atoms with Gasteiger partial charge in [0.1, 0.15) is 0 Å². The summed E-state index contributed by atoms with van der Waals surface area (Å²) in [5.74, 6) is -1.69. The highest BCUT2D eigenvalue weighted by atomic mass is 79.9. The van der Waals surface area contributed by atoms with E-state index in [0.29, 0.717) is 6.42 Å². The van der Waals surface area contributed by atoms with Crippen molar-refractivity contribution in [2.45, 2.75) is 19.8 Å². The van der Waals surface area contributed by atoms with Crippen molar-refractivity contribution in [1.82, 2.24) is 5.32 Å². The maximum atomic E-state index is 11.7. The highest BCUT2D eigenvalue weighted by Crippen LogP contribution is 2.16. The molecule has 0 aliphatic carbocycles. The molecule has 1 atom stereocenters. The Hall–Kier alpha value is -1.62. The van der Waals surface area contributed by atoms with Crippen LogP contribution >= 0.6 is 15.9 Å². The van der Waals surface area contributed by atoms with Crippen molar-refractivity contribution in [3.05, 3.63) is 40.4 Å². The minimum atomic E-state index is -0.873. The van der Waals surface area contributed by atoms with Crippen LogP contribution in [-0.2, 0) is 9.59 Å². The summed E-state index contributed by atoms with van der Waals surface area (Å²) >= 11 is 3.39. The predicted molar refractivity (Wildman–Crippen MR) is 82.2 cm³/mol. The molecule has 0 fully saturated rings. The van der Waals surface area contributed by atoms with Gasteiger partial charge in [0.15, 0.2) is 0 Å². The number of carboxylic acid groups (broad SMARTS) is 1. The molecule has 0 saturated carbocycles. The first-order valence-corrected chi connectivity index (χ1v) is 7.27. The van der Waals surface area contributed by atoms with E-state index in [4.69, 9.17) is 5.11 Å². The molecule has 1 rings (SSSR count). The zero-order chi connectivity index (χ0) is 15.0. The molecular weight excluding hydrogens is 322 g/mol. The lowest BCUT2D eigenvalue weighted by Crippen LogP contribution is -2.31. The Morgan fingerprint density at radius 1 is 1.40 bits per heavy atom. The summed E-state index contributed by atoms with van der Waals surface area (Å²) in [6, 6.07) is 7.54. The smallest absolute Gasteiger partial charge is 0.308 e. The van der Waals surface area contributed by atoms with Gasteiger partial charge in [-0.1, -0.05) is 47.5 Å². The number of rotatable bonds is 7. The van der Waals surface area contributed by atoms with Gasteiger partial charge in [-0.25, -0.2) is 0 Å². The monoisotopic (exact) mass is 339 g/mol. The van der Waals surface area contributed by atoms with Gasteiger partial charge in [0.25, 0.3) is 0 Å². The molecule has 0 bridgehead atoms. The largest absolute Gasteiger partial charge is 0.481 e. The van der Waals surface area contributed by atoms with Crippen LogP contribution in [0.4, 0.5) is 0 Å². The lowest BCUT2D eigenvalue weighted by atomic mass is 10.0. The molecular formula is C15H18BrNO3. The molecule has 0 radical (unpaired) electrons. The molecule has 2 N–H and O–H groups in total. The standard InChI is InChI=1S/C15H18BrNO3/c1-2-5-12(15(19)20)10-17-14(18)9-8-11-6-3-4-7-13(11)16/h3-4,6-9,12H,2,5,10H2,1H3,(H,17,18)(H,19,20). The molecule has 1 aromatic carbocycles. The van der Waals surface area contributed by atoms with E-state index < -0.39 is 11.9 Å². The maximum Gasteiger partial charge on any atom is 0.308 e. The van der Waals surface area contributed by atoms with Crippen molar-refractivity contribution >= 4 is 33.9 Å². The number of halogens is 1. The van der Waals surface area contributed by atoms with E-state index in [1.807, 2.05) is 31.2 Å². The van der Waals surface area contributed by atoms with Gasteiger partial charge < -0.3 is 10.4 Å². The van der Waals surface area contributed by atoms with Gasteiger partial charge in [0, 0.05) is 17.1 Å². The van der Waals surface area contributed by atoms with Crippen LogP contribution in [0.2, 0.25) is 0 Å². The van der Waals surface area contributed by atoms with Crippen molar-refractivity contribution in [1.29, 1.82) is 0 Å². The van der Waals surface area contributed by atoms with Crippen LogP contribution in [0.1, 0.15) is 25.3 Å². The molecule has 0 aliphatic rings. The average molecular weight is 340 g/mol. The van der Waals surface area contributed by atoms with E-state index in [1.54, 1.807) is 6.08 Å². The molecule has 108 valence electrons. The van der Waals surface area contributed by atoms with Crippen molar-refractivity contribution < 1.29 is 14.7 Å². The number of benzene rings is 1. The molecule has 1 unspecified atom stereocenters. The topological polar surface area (TPSA) is 66.4 Å². The first-order valence-electron chi connectivity index (χ1n) is 6.47. The van der Waals surface area contributed by atoms with Crippen LogP contribution in [0.3, 0.4) is 0 Å². The molecule has 0 aliphatic heterocycles. The molecule has 4 nitrogen and oxygen atoms in total. The van der Waals surface area contributed by atoms with Crippen LogP contribution in [-0.4, -0.2) is 23.5 Å². The van der Waals surface area contributed by atoms with Crippen LogP contribution in [0, 0.1) is 5.92 Å². The lowest BCUT2D eigenvalue weighted by molar-refractivity contribution is -0.141. The number of amides is 1. The number of carbonyl (C=O) groups is 2. The highest BCUT2D eigenvalue weighted by Gasteiger charge is 2.16. The van der Waals surface area contributed by atoms with Crippen LogP contribution < -0.4 is 5.32 Å². The van der Waals surface area contributed by atoms with Gasteiger partial charge >= 0.3 is 5.97 Å². The Morgan fingerprint density at radius 2 is 2.10 bits per heavy atom. The van der Waals surface area contributed by atoms with E-state index in [-0.39, 0.29) is 12.5 Å². The zero-order valence-electron chi connectivity index (χ0n) is 11.3. The van der Waals surface area contributed by atoms with E-state index >= 15 is 0 Å². The summed E-state index contributed by atoms with van der Waals surface area (Å²) in [6.07, 6.45) is 4.43. The van der Waals surface area contributed by atoms with Crippen LogP contribution in [0.25, 0.3) is 6.08 Å². The Labute approximate surface area is 127 Å². The van der Waals surface area contributed by atoms with Crippen molar-refractivity contribution in [2.75, 3.05) is 6.54 Å². The lowest BCUT2D eigenvalue weighted by Gasteiger charge is -2.11. The number of nitrogens with one attached hydrogen (secondary N) is 1. The first kappa shape index (κ1) is 16.4. The summed E-state index contributed by atoms with van der Waals surface area (Å²) in [7, 11) is 0. The van der Waals surface area contributed by atoms with Gasteiger partial charge in [0.05, 0.1) is 5.92 Å². The number of hydrogen-bond donors (Lipinski definition) is 2. The normalized spacial score (nSPS) is 12.3. The van der Waals surface area contributed by atoms with Crippen molar-refractivity contribution in [2.24, 2.45) is 5.92 Å². The summed E-state index contributed by atoms with van der Waals surface area (Å²) < 4.78 is 0.901. The number of aliphatic carboxylic acids is 1. The van der Waals surface area contributed by atoms with Gasteiger partial charge in [-0.05, 0) is 24.1 Å². The fraction of sp³-hybridized carbons (Fsp3) is 0.333. The Bertz CT molecular complexity index is 500. The fourth-order valence-electron chi connectivity index (χ4n) is 1.72. The highest BCUT2D eigenvalue weighted by molar-refractivity contribution is 9.10. The SMILES string of the molecule is CCCC(CNC(=O)C=Cc1ccccc1Br)C(=O)O. The predicted octanol–water partition coefficient (Wildman–Crippen LogP) is 3.08. The number of carboxylic acids is 1. The fourth-order valence-corrected chi connectivity index (χ4v) is 2.14. The van der Waals surface area contributed by atoms with Crippen molar-refractivity contribution in [3.63, 3.8) is 0 Å². The second-order valence-corrected chi connectivity index (χ2v) is 5.28. The summed E-state index contributed by atoms with van der Waals surface area (Å²) in [5.41, 5.74) is 0.894. The molecule has 5 heteroatoms. The van der Waals surface area contributed by atoms with E-state index in [9.17, 15) is 9.59 Å². The minimum Gasteiger partial charge on any atom is -0.481 e. The van der Waals surface area contributed by atoms with Crippen molar-refractivity contribution in [3.8, 4) is 0 Å². The second kappa shape index (κ2) is 8.53. The summed E-state index contributed by atoms with van der Waals surface area (Å²) in [6.45, 7) is 2.08. The summed E-state index contributed by atoms with van der Waals surface area (Å²) in [4.78, 5) is 22.6. The number of carbonyl (C=O) groups excluding carboxylic acids is 1. The molecule has 0 heterocycles. The van der Waals surface area contributed by atoms with Crippen LogP contribution in [0.5, 0.6) is 0 Å². The molecule has 0 aromatic heterocycles. The molecule has 1 amide bonds. The third-order valence-electron chi connectivity index (χ3n) is 2.83. The molecule has 0 saturated heterocycles. The van der Waals surface area contributed by atoms with Crippen LogP contribution in [0.15, 0.2) is 34.8 Å². The van der Waals surface area contributed by atoms with E-state index in [2.05, 4.69) is 21.2 Å². The maximum absolute atomic E-state index is 11.7. The second-order valence-electron chi connectivity index (χ2n) is 4.42. The summed E-state index contributed by atoms with van der Waals surface area (Å²) in [5, 5.41) is 11.6. The molecule has 0 spiro atoms. The Kier molecular flexibility index (Phi) is 7.01. The number of hydrogen-bond acceptors (Lipinski definition) is 2. The molecule has 1 aromatic rings. The van der Waals surface area contributed by atoms with E-state index in [0.717, 1.165) is 16.5 Å². The third kappa shape index (κ3) is 5.57. The quantitative estimate of drug-likeness (QED) is 0.750. The zero-order valence-corrected chi connectivity index (χ0v) is 12.9. The van der Waals surface area contributed by atoms with E-state index in [1.165, 1.54) is 6.08 Å². The average Bonchev–Trinajstić information content (AvgIpc) is 2.42. The minimum absolute atomic E-state index is 0.155.